The SMILES string of the molecule is Cc1cc(SCC=CCN)ccc1N. The van der Waals surface area contributed by atoms with Gasteiger partial charge in [-0.3, -0.25) is 0 Å². The Hall–Kier alpha value is -0.930. The fourth-order valence-corrected chi connectivity index (χ4v) is 1.90. The van der Waals surface area contributed by atoms with Crippen molar-refractivity contribution in [3.8, 4) is 0 Å². The van der Waals surface area contributed by atoms with Gasteiger partial charge < -0.3 is 11.5 Å². The molecule has 0 fully saturated rings. The van der Waals surface area contributed by atoms with Crippen LogP contribution < -0.4 is 11.5 Å². The van der Waals surface area contributed by atoms with Crippen LogP contribution in [0, 0.1) is 6.92 Å². The second-order valence-corrected chi connectivity index (χ2v) is 4.13. The lowest BCUT2D eigenvalue weighted by Gasteiger charge is -2.02. The van der Waals surface area contributed by atoms with Gasteiger partial charge in [0.1, 0.15) is 0 Å². The molecule has 14 heavy (non-hydrogen) atoms. The minimum atomic E-state index is 0.612. The minimum absolute atomic E-state index is 0.612. The van der Waals surface area contributed by atoms with Gasteiger partial charge in [0, 0.05) is 22.9 Å². The second-order valence-electron chi connectivity index (χ2n) is 3.04. The van der Waals surface area contributed by atoms with Crippen molar-refractivity contribution < 1.29 is 0 Å². The van der Waals surface area contributed by atoms with Crippen LogP contribution in [0.5, 0.6) is 0 Å². The number of nitrogen functional groups attached to an aromatic ring is 1. The summed E-state index contributed by atoms with van der Waals surface area (Å²) in [5, 5.41) is 0. The first-order valence-electron chi connectivity index (χ1n) is 4.58. The van der Waals surface area contributed by atoms with Gasteiger partial charge in [0.15, 0.2) is 0 Å². The Bertz CT molecular complexity index is 321. The van der Waals surface area contributed by atoms with E-state index in [9.17, 15) is 0 Å². The lowest BCUT2D eigenvalue weighted by Crippen LogP contribution is -1.92. The third-order valence-corrected chi connectivity index (χ3v) is 2.84. The molecule has 0 aromatic heterocycles. The van der Waals surface area contributed by atoms with E-state index in [4.69, 9.17) is 11.5 Å². The summed E-state index contributed by atoms with van der Waals surface area (Å²) in [4.78, 5) is 1.25. The molecule has 0 aliphatic heterocycles. The summed E-state index contributed by atoms with van der Waals surface area (Å²) in [5.41, 5.74) is 13.1. The fourth-order valence-electron chi connectivity index (χ4n) is 1.05. The van der Waals surface area contributed by atoms with Crippen molar-refractivity contribution in [1.29, 1.82) is 0 Å². The number of aryl methyl sites for hydroxylation is 1. The van der Waals surface area contributed by atoms with Crippen LogP contribution >= 0.6 is 11.8 Å². The molecule has 0 spiro atoms. The zero-order chi connectivity index (χ0) is 10.4. The van der Waals surface area contributed by atoms with Gasteiger partial charge in [-0.05, 0) is 30.7 Å². The maximum absolute atomic E-state index is 5.73. The van der Waals surface area contributed by atoms with Gasteiger partial charge in [-0.2, -0.15) is 0 Å². The van der Waals surface area contributed by atoms with Crippen molar-refractivity contribution >= 4 is 17.4 Å². The molecule has 0 bridgehead atoms. The molecular formula is C11H16N2S. The Morgan fingerprint density at radius 2 is 2.14 bits per heavy atom. The number of hydrogen-bond acceptors (Lipinski definition) is 3. The van der Waals surface area contributed by atoms with E-state index in [2.05, 4.69) is 12.1 Å². The summed E-state index contributed by atoms with van der Waals surface area (Å²) in [6, 6.07) is 6.10. The normalized spacial score (nSPS) is 11.0. The first kappa shape index (κ1) is 11.1. The van der Waals surface area contributed by atoms with E-state index in [-0.39, 0.29) is 0 Å². The number of thioether (sulfide) groups is 1. The Labute approximate surface area is 89.4 Å². The molecule has 2 nitrogen and oxygen atoms in total. The Balaban J connectivity index is 2.51. The number of hydrogen-bond donors (Lipinski definition) is 2. The van der Waals surface area contributed by atoms with Gasteiger partial charge in [0.2, 0.25) is 0 Å². The number of anilines is 1. The van der Waals surface area contributed by atoms with Crippen LogP contribution in [-0.4, -0.2) is 12.3 Å². The molecule has 0 aliphatic rings. The molecule has 0 atom stereocenters. The molecule has 1 rings (SSSR count). The van der Waals surface area contributed by atoms with Crippen LogP contribution in [0.1, 0.15) is 5.56 Å². The lowest BCUT2D eigenvalue weighted by molar-refractivity contribution is 1.25. The predicted octanol–water partition coefficient (Wildman–Crippen LogP) is 2.18. The van der Waals surface area contributed by atoms with Crippen molar-refractivity contribution in [3.05, 3.63) is 35.9 Å². The van der Waals surface area contributed by atoms with Crippen LogP contribution in [0.3, 0.4) is 0 Å². The minimum Gasteiger partial charge on any atom is -0.399 e. The van der Waals surface area contributed by atoms with Crippen LogP contribution in [0.25, 0.3) is 0 Å². The highest BCUT2D eigenvalue weighted by molar-refractivity contribution is 7.99. The summed E-state index contributed by atoms with van der Waals surface area (Å²) in [5.74, 6) is 0.959. The molecular weight excluding hydrogens is 192 g/mol. The number of benzene rings is 1. The van der Waals surface area contributed by atoms with Crippen molar-refractivity contribution in [1.82, 2.24) is 0 Å². The summed E-state index contributed by atoms with van der Waals surface area (Å²) in [7, 11) is 0. The molecule has 4 N–H and O–H groups in total. The predicted molar refractivity (Wildman–Crippen MR) is 64.5 cm³/mol. The van der Waals surface area contributed by atoms with Crippen molar-refractivity contribution in [2.24, 2.45) is 5.73 Å². The molecule has 0 amide bonds. The topological polar surface area (TPSA) is 52.0 Å². The van der Waals surface area contributed by atoms with Gasteiger partial charge in [-0.15, -0.1) is 11.8 Å². The van der Waals surface area contributed by atoms with Crippen molar-refractivity contribution in [2.75, 3.05) is 18.0 Å². The van der Waals surface area contributed by atoms with E-state index < -0.39 is 0 Å². The van der Waals surface area contributed by atoms with E-state index in [1.807, 2.05) is 25.1 Å². The van der Waals surface area contributed by atoms with E-state index in [1.165, 1.54) is 4.90 Å². The van der Waals surface area contributed by atoms with Crippen LogP contribution in [0.15, 0.2) is 35.2 Å². The van der Waals surface area contributed by atoms with E-state index >= 15 is 0 Å². The second kappa shape index (κ2) is 5.73. The molecule has 0 aliphatic carbocycles. The molecule has 76 valence electrons. The molecule has 3 heteroatoms. The highest BCUT2D eigenvalue weighted by Gasteiger charge is 1.95. The van der Waals surface area contributed by atoms with E-state index in [1.54, 1.807) is 11.8 Å². The molecule has 0 saturated heterocycles. The molecule has 1 aromatic carbocycles. The Morgan fingerprint density at radius 3 is 2.79 bits per heavy atom. The van der Waals surface area contributed by atoms with Gasteiger partial charge in [0.05, 0.1) is 0 Å². The smallest absolute Gasteiger partial charge is 0.0344 e. The Morgan fingerprint density at radius 1 is 1.36 bits per heavy atom. The van der Waals surface area contributed by atoms with E-state index in [0.717, 1.165) is 17.0 Å². The van der Waals surface area contributed by atoms with Crippen LogP contribution in [-0.2, 0) is 0 Å². The molecule has 1 aromatic rings. The molecule has 0 heterocycles. The highest BCUT2D eigenvalue weighted by Crippen LogP contribution is 2.22. The number of rotatable bonds is 4. The average Bonchev–Trinajstić information content (AvgIpc) is 2.18. The monoisotopic (exact) mass is 208 g/mol. The molecule has 0 radical (unpaired) electrons. The van der Waals surface area contributed by atoms with E-state index in [0.29, 0.717) is 6.54 Å². The fraction of sp³-hybridized carbons (Fsp3) is 0.273. The standard InChI is InChI=1S/C11H16N2S/c1-9-8-10(4-5-11(9)13)14-7-3-2-6-12/h2-5,8H,6-7,12-13H2,1H3. The Kier molecular flexibility index (Phi) is 4.56. The summed E-state index contributed by atoms with van der Waals surface area (Å²) >= 11 is 1.79. The third-order valence-electron chi connectivity index (χ3n) is 1.89. The zero-order valence-corrected chi connectivity index (χ0v) is 9.18. The van der Waals surface area contributed by atoms with Gasteiger partial charge >= 0.3 is 0 Å². The molecule has 0 unspecified atom stereocenters. The first-order valence-corrected chi connectivity index (χ1v) is 5.56. The van der Waals surface area contributed by atoms with Crippen LogP contribution in [0.4, 0.5) is 5.69 Å². The lowest BCUT2D eigenvalue weighted by atomic mass is 10.2. The largest absolute Gasteiger partial charge is 0.399 e. The third kappa shape index (κ3) is 3.44. The van der Waals surface area contributed by atoms with Crippen molar-refractivity contribution in [3.63, 3.8) is 0 Å². The quantitative estimate of drug-likeness (QED) is 0.453. The van der Waals surface area contributed by atoms with Crippen LogP contribution in [0.2, 0.25) is 0 Å². The number of nitrogens with two attached hydrogens (primary N) is 2. The first-order chi connectivity index (χ1) is 6.74. The summed E-state index contributed by atoms with van der Waals surface area (Å²) < 4.78 is 0. The zero-order valence-electron chi connectivity index (χ0n) is 8.36. The molecule has 0 saturated carbocycles. The maximum Gasteiger partial charge on any atom is 0.0344 e. The van der Waals surface area contributed by atoms with Crippen molar-refractivity contribution in [2.45, 2.75) is 11.8 Å². The highest BCUT2D eigenvalue weighted by atomic mass is 32.2. The van der Waals surface area contributed by atoms with Gasteiger partial charge in [-0.1, -0.05) is 12.2 Å². The summed E-state index contributed by atoms with van der Waals surface area (Å²) in [6.45, 7) is 2.64. The maximum atomic E-state index is 5.73. The summed E-state index contributed by atoms with van der Waals surface area (Å²) in [6.07, 6.45) is 4.05. The van der Waals surface area contributed by atoms with Gasteiger partial charge in [0.25, 0.3) is 0 Å². The average molecular weight is 208 g/mol. The van der Waals surface area contributed by atoms with Gasteiger partial charge in [-0.25, -0.2) is 0 Å².